The number of nitrogens with zero attached hydrogens (tertiary/aromatic N) is 2. The summed E-state index contributed by atoms with van der Waals surface area (Å²) < 4.78 is 84.7. The number of carbonyl (C=O) groups is 1. The van der Waals surface area contributed by atoms with Crippen LogP contribution in [0.4, 0.5) is 17.6 Å². The molecule has 3 aromatic carbocycles. The molecule has 3 heterocycles. The van der Waals surface area contributed by atoms with Crippen LogP contribution in [0.25, 0.3) is 11.0 Å². The lowest BCUT2D eigenvalue weighted by Gasteiger charge is -2.34. The number of furan rings is 1. The highest BCUT2D eigenvalue weighted by atomic mass is 32.1. The molecule has 0 bridgehead atoms. The second kappa shape index (κ2) is 16.4. The molecule has 1 amide bonds. The Morgan fingerprint density at radius 1 is 0.878 bits per heavy atom. The summed E-state index contributed by atoms with van der Waals surface area (Å²) in [7, 11) is 0. The minimum absolute atomic E-state index is 0.0308. The number of ether oxygens (including phenoxy) is 2. The molecule has 2 atom stereocenters. The van der Waals surface area contributed by atoms with Gasteiger partial charge in [-0.25, -0.2) is 4.39 Å². The van der Waals surface area contributed by atoms with Crippen LogP contribution in [0, 0.1) is 6.92 Å². The molecule has 0 radical (unpaired) electrons. The van der Waals surface area contributed by atoms with Crippen molar-refractivity contribution in [3.05, 3.63) is 95.2 Å². The average Bonchev–Trinajstić information content (AvgIpc) is 3.49. The monoisotopic (exact) mass is 703 g/mol. The van der Waals surface area contributed by atoms with Gasteiger partial charge in [0.2, 0.25) is 0 Å². The zero-order valence-corrected chi connectivity index (χ0v) is 27.6. The van der Waals surface area contributed by atoms with E-state index in [0.29, 0.717) is 42.8 Å². The largest absolute Gasteiger partial charge is 0.573 e. The maximum absolute atomic E-state index is 15.1. The fourth-order valence-electron chi connectivity index (χ4n) is 6.10. The highest BCUT2D eigenvalue weighted by Gasteiger charge is 2.32. The van der Waals surface area contributed by atoms with Gasteiger partial charge in [0, 0.05) is 50.7 Å². The number of hydrogen-bond donors (Lipinski definition) is 1. The summed E-state index contributed by atoms with van der Waals surface area (Å²) in [5.41, 5.74) is 3.79. The summed E-state index contributed by atoms with van der Waals surface area (Å²) in [4.78, 5) is 17.3. The molecule has 14 heteroatoms. The van der Waals surface area contributed by atoms with Crippen LogP contribution in [0.1, 0.15) is 46.5 Å². The van der Waals surface area contributed by atoms with Crippen molar-refractivity contribution in [2.24, 2.45) is 0 Å². The highest BCUT2D eigenvalue weighted by Crippen LogP contribution is 2.28. The third kappa shape index (κ3) is 10.6. The van der Waals surface area contributed by atoms with Gasteiger partial charge in [0.1, 0.15) is 29.4 Å². The van der Waals surface area contributed by atoms with E-state index in [-0.39, 0.29) is 23.5 Å². The zero-order valence-electron chi connectivity index (χ0n) is 26.8. The Morgan fingerprint density at radius 3 is 2.10 bits per heavy atom. The molecule has 4 aromatic rings. The molecule has 6 rings (SSSR count). The summed E-state index contributed by atoms with van der Waals surface area (Å²) in [6, 6.07) is 21.1. The quantitative estimate of drug-likeness (QED) is 0.201. The molecule has 0 unspecified atom stereocenters. The zero-order chi connectivity index (χ0) is 35.0. The molecule has 1 aromatic heterocycles. The summed E-state index contributed by atoms with van der Waals surface area (Å²) in [5.74, 6) is 0.186. The predicted molar refractivity (Wildman–Crippen MR) is 174 cm³/mol. The second-order valence-corrected chi connectivity index (χ2v) is 12.4. The number of rotatable bonds is 9. The summed E-state index contributed by atoms with van der Waals surface area (Å²) in [6.45, 7) is 5.86. The number of amides is 1. The average molecular weight is 704 g/mol. The molecule has 49 heavy (non-hydrogen) atoms. The van der Waals surface area contributed by atoms with Gasteiger partial charge in [0.15, 0.2) is 5.76 Å². The fraction of sp³-hybridized carbons (Fsp3) is 0.400. The number of carbonyl (C=O) groups excluding carboxylic acids is 1. The Kier molecular flexibility index (Phi) is 12.1. The standard InChI is InChI=1S/C35H37F4N3O4.O2S/c1-23-2-4-24(5-3-23)21-42-17-14-32(30(36)22-42)44-29-10-11-31-26(18-29)19-33(45-31)34(43)40-27-12-15-41(16-13-27)20-25-6-8-28(9-7-25)46-35(37,38)39;1-3-2/h2-11,18-19,27,30,32H,12-17,20-22H2,1H3,(H,40,43);/t30-,32-;/m1./s1. The molecule has 2 aliphatic rings. The number of hydrogen-bond acceptors (Lipinski definition) is 8. The molecule has 9 nitrogen and oxygen atoms in total. The van der Waals surface area contributed by atoms with Crippen LogP contribution < -0.4 is 14.8 Å². The van der Waals surface area contributed by atoms with Crippen molar-refractivity contribution in [2.75, 3.05) is 26.2 Å². The first-order valence-electron chi connectivity index (χ1n) is 15.9. The van der Waals surface area contributed by atoms with Gasteiger partial charge in [0.05, 0.1) is 0 Å². The lowest BCUT2D eigenvalue weighted by molar-refractivity contribution is -0.274. The number of nitrogens with one attached hydrogen (secondary N) is 1. The molecular weight excluding hydrogens is 666 g/mol. The van der Waals surface area contributed by atoms with Crippen LogP contribution in [-0.4, -0.2) is 75.0 Å². The van der Waals surface area contributed by atoms with E-state index in [2.05, 4.69) is 44.1 Å². The SMILES string of the molecule is Cc1ccc(CN2CC[C@@H](Oc3ccc4oc(C(=O)NC5CCN(Cc6ccc(OC(F)(F)F)cc6)CC5)cc4c3)[C@H](F)C2)cc1.O=S=O. The first kappa shape index (κ1) is 36.0. The molecule has 0 saturated carbocycles. The minimum Gasteiger partial charge on any atom is -0.487 e. The van der Waals surface area contributed by atoms with Crippen molar-refractivity contribution in [1.82, 2.24) is 15.1 Å². The number of alkyl halides is 4. The van der Waals surface area contributed by atoms with Gasteiger partial charge in [0.25, 0.3) is 5.91 Å². The Balaban J connectivity index is 0.00000151. The smallest absolute Gasteiger partial charge is 0.487 e. The van der Waals surface area contributed by atoms with Gasteiger partial charge in [-0.1, -0.05) is 42.0 Å². The molecular formula is C35H37F4N3O6S. The van der Waals surface area contributed by atoms with Gasteiger partial charge < -0.3 is 19.2 Å². The number of likely N-dealkylation sites (tertiary alicyclic amines) is 2. The molecule has 0 aliphatic carbocycles. The van der Waals surface area contributed by atoms with E-state index in [1.54, 1.807) is 36.4 Å². The summed E-state index contributed by atoms with van der Waals surface area (Å²) >= 11 is -0.750. The summed E-state index contributed by atoms with van der Waals surface area (Å²) in [6.07, 6.45) is -4.35. The van der Waals surface area contributed by atoms with Crippen LogP contribution in [0.15, 0.2) is 77.2 Å². The molecule has 2 fully saturated rings. The van der Waals surface area contributed by atoms with Crippen LogP contribution >= 0.6 is 0 Å². The van der Waals surface area contributed by atoms with Gasteiger partial charge >= 0.3 is 17.9 Å². The van der Waals surface area contributed by atoms with Crippen molar-refractivity contribution in [3.8, 4) is 11.5 Å². The Morgan fingerprint density at radius 2 is 1.47 bits per heavy atom. The summed E-state index contributed by atoms with van der Waals surface area (Å²) in [5, 5.41) is 3.76. The maximum atomic E-state index is 15.1. The third-order valence-corrected chi connectivity index (χ3v) is 8.58. The maximum Gasteiger partial charge on any atom is 0.573 e. The van der Waals surface area contributed by atoms with Gasteiger partial charge in [-0.2, -0.15) is 8.42 Å². The van der Waals surface area contributed by atoms with E-state index in [1.165, 1.54) is 23.3 Å². The van der Waals surface area contributed by atoms with Crippen molar-refractivity contribution in [2.45, 2.75) is 64.0 Å². The van der Waals surface area contributed by atoms with Gasteiger partial charge in [-0.05, 0) is 73.7 Å². The normalized spacial score (nSPS) is 19.1. The number of halogens is 4. The molecule has 2 aliphatic heterocycles. The molecule has 262 valence electrons. The van der Waals surface area contributed by atoms with Crippen LogP contribution in [0.3, 0.4) is 0 Å². The van der Waals surface area contributed by atoms with Crippen molar-refractivity contribution in [3.63, 3.8) is 0 Å². The number of fused-ring (bicyclic) bond motifs is 1. The van der Waals surface area contributed by atoms with E-state index in [0.717, 1.165) is 38.0 Å². The van der Waals surface area contributed by atoms with E-state index < -0.39 is 30.2 Å². The predicted octanol–water partition coefficient (Wildman–Crippen LogP) is 6.36. The lowest BCUT2D eigenvalue weighted by Crippen LogP contribution is -2.46. The van der Waals surface area contributed by atoms with Crippen molar-refractivity contribution < 1.29 is 44.7 Å². The topological polar surface area (TPSA) is 101 Å². The molecule has 0 spiro atoms. The van der Waals surface area contributed by atoms with E-state index in [4.69, 9.17) is 17.6 Å². The fourth-order valence-corrected chi connectivity index (χ4v) is 6.10. The Hall–Kier alpha value is -4.27. The van der Waals surface area contributed by atoms with Crippen molar-refractivity contribution in [1.29, 1.82) is 0 Å². The lowest BCUT2D eigenvalue weighted by atomic mass is 10.0. The van der Waals surface area contributed by atoms with E-state index >= 15 is 4.39 Å². The number of piperidine rings is 2. The highest BCUT2D eigenvalue weighted by molar-refractivity contribution is 7.51. The molecule has 1 N–H and O–H groups in total. The number of aryl methyl sites for hydroxylation is 1. The van der Waals surface area contributed by atoms with E-state index in [9.17, 15) is 18.0 Å². The van der Waals surface area contributed by atoms with Crippen molar-refractivity contribution >= 4 is 28.4 Å². The van der Waals surface area contributed by atoms with Gasteiger partial charge in [-0.3, -0.25) is 14.6 Å². The van der Waals surface area contributed by atoms with Crippen LogP contribution in [0.5, 0.6) is 11.5 Å². The second-order valence-electron chi connectivity index (χ2n) is 12.3. The van der Waals surface area contributed by atoms with Gasteiger partial charge in [-0.15, -0.1) is 13.2 Å². The van der Waals surface area contributed by atoms with Crippen LogP contribution in [0.2, 0.25) is 0 Å². The van der Waals surface area contributed by atoms with Crippen LogP contribution in [-0.2, 0) is 24.7 Å². The molecule has 2 saturated heterocycles. The number of benzene rings is 3. The van der Waals surface area contributed by atoms with E-state index in [1.807, 2.05) is 6.92 Å². The Labute approximate surface area is 284 Å². The first-order valence-corrected chi connectivity index (χ1v) is 16.6. The first-order chi connectivity index (χ1) is 23.5. The Bertz CT molecular complexity index is 1720. The minimum atomic E-state index is -4.71. The third-order valence-electron chi connectivity index (χ3n) is 8.58.